The van der Waals surface area contributed by atoms with Gasteiger partial charge < -0.3 is 9.31 Å². The van der Waals surface area contributed by atoms with Gasteiger partial charge in [-0.15, -0.1) is 0 Å². The van der Waals surface area contributed by atoms with Crippen molar-refractivity contribution in [2.24, 2.45) is 0 Å². The normalized spacial score (nSPS) is 21.2. The minimum Gasteiger partial charge on any atom is -0.399 e. The van der Waals surface area contributed by atoms with Crippen molar-refractivity contribution >= 4 is 12.6 Å². The monoisotopic (exact) mass is 272 g/mol. The van der Waals surface area contributed by atoms with Crippen molar-refractivity contribution in [3.05, 3.63) is 29.6 Å². The second-order valence-electron chi connectivity index (χ2n) is 5.71. The van der Waals surface area contributed by atoms with E-state index in [-0.39, 0.29) is 11.0 Å². The van der Waals surface area contributed by atoms with E-state index < -0.39 is 30.6 Å². The summed E-state index contributed by atoms with van der Waals surface area (Å²) in [5, 5.41) is 0. The third-order valence-electron chi connectivity index (χ3n) is 3.72. The first-order valence-electron chi connectivity index (χ1n) is 6.06. The molecule has 0 spiro atoms. The van der Waals surface area contributed by atoms with Crippen LogP contribution in [0.2, 0.25) is 0 Å². The molecule has 0 bridgehead atoms. The molecule has 0 unspecified atom stereocenters. The average Bonchev–Trinajstić information content (AvgIpc) is 2.47. The molecule has 1 aliphatic heterocycles. The van der Waals surface area contributed by atoms with E-state index in [0.717, 1.165) is 12.1 Å². The highest BCUT2D eigenvalue weighted by Crippen LogP contribution is 2.36. The zero-order valence-corrected chi connectivity index (χ0v) is 11.3. The fourth-order valence-corrected chi connectivity index (χ4v) is 1.88. The van der Waals surface area contributed by atoms with Crippen LogP contribution in [-0.2, 0) is 9.31 Å². The third-order valence-corrected chi connectivity index (χ3v) is 3.72. The maximum Gasteiger partial charge on any atom is 0.494 e. The molecule has 19 heavy (non-hydrogen) atoms. The van der Waals surface area contributed by atoms with Crippen LogP contribution in [0, 0.1) is 5.82 Å². The van der Waals surface area contributed by atoms with Gasteiger partial charge in [-0.3, -0.25) is 0 Å². The van der Waals surface area contributed by atoms with E-state index >= 15 is 0 Å². The molecule has 2 rings (SSSR count). The van der Waals surface area contributed by atoms with Gasteiger partial charge >= 0.3 is 7.12 Å². The van der Waals surface area contributed by atoms with Crippen LogP contribution in [0.5, 0.6) is 0 Å². The van der Waals surface area contributed by atoms with Crippen LogP contribution >= 0.6 is 0 Å². The molecule has 1 aromatic carbocycles. The fraction of sp³-hybridized carbons (Fsp3) is 0.538. The Kier molecular flexibility index (Phi) is 3.43. The second kappa shape index (κ2) is 4.53. The molecule has 0 amide bonds. The molecule has 1 aliphatic rings. The average molecular weight is 272 g/mol. The van der Waals surface area contributed by atoms with E-state index in [1.807, 2.05) is 27.7 Å². The molecule has 0 atom stereocenters. The summed E-state index contributed by atoms with van der Waals surface area (Å²) in [4.78, 5) is 0. The van der Waals surface area contributed by atoms with Crippen LogP contribution in [0.25, 0.3) is 0 Å². The van der Waals surface area contributed by atoms with Crippen molar-refractivity contribution in [3.63, 3.8) is 0 Å². The number of alkyl halides is 2. The van der Waals surface area contributed by atoms with Gasteiger partial charge in [0.15, 0.2) is 0 Å². The van der Waals surface area contributed by atoms with Crippen LogP contribution in [0.15, 0.2) is 18.2 Å². The summed E-state index contributed by atoms with van der Waals surface area (Å²) < 4.78 is 50.1. The molecular formula is C13H16BF3O2. The lowest BCUT2D eigenvalue weighted by Gasteiger charge is -2.32. The molecule has 0 saturated carbocycles. The van der Waals surface area contributed by atoms with Gasteiger partial charge in [-0.1, -0.05) is 6.07 Å². The van der Waals surface area contributed by atoms with Gasteiger partial charge in [-0.2, -0.15) is 0 Å². The van der Waals surface area contributed by atoms with Crippen LogP contribution in [0.4, 0.5) is 13.2 Å². The van der Waals surface area contributed by atoms with Crippen molar-refractivity contribution in [1.82, 2.24) is 0 Å². The Bertz CT molecular complexity index is 473. The Morgan fingerprint density at radius 3 is 2.00 bits per heavy atom. The number of halogens is 3. The molecule has 0 aromatic heterocycles. The lowest BCUT2D eigenvalue weighted by Crippen LogP contribution is -2.41. The van der Waals surface area contributed by atoms with Crippen molar-refractivity contribution in [2.75, 3.05) is 0 Å². The minimum absolute atomic E-state index is 0.272. The molecule has 6 heteroatoms. The van der Waals surface area contributed by atoms with Gasteiger partial charge in [-0.05, 0) is 45.3 Å². The molecule has 2 nitrogen and oxygen atoms in total. The first kappa shape index (κ1) is 14.4. The van der Waals surface area contributed by atoms with Gasteiger partial charge in [0.05, 0.1) is 11.2 Å². The number of hydrogen-bond donors (Lipinski definition) is 0. The summed E-state index contributed by atoms with van der Waals surface area (Å²) in [7, 11) is -0.835. The molecular weight excluding hydrogens is 256 g/mol. The van der Waals surface area contributed by atoms with E-state index in [2.05, 4.69) is 0 Å². The van der Waals surface area contributed by atoms with Crippen molar-refractivity contribution in [2.45, 2.75) is 45.3 Å². The van der Waals surface area contributed by atoms with E-state index in [9.17, 15) is 13.2 Å². The number of rotatable bonds is 2. The van der Waals surface area contributed by atoms with Crippen LogP contribution in [-0.4, -0.2) is 18.3 Å². The topological polar surface area (TPSA) is 18.5 Å². The molecule has 1 heterocycles. The molecule has 0 radical (unpaired) electrons. The van der Waals surface area contributed by atoms with Gasteiger partial charge in [-0.25, -0.2) is 13.2 Å². The van der Waals surface area contributed by atoms with Gasteiger partial charge in [0.2, 0.25) is 0 Å². The lowest BCUT2D eigenvalue weighted by molar-refractivity contribution is 0.00578. The highest BCUT2D eigenvalue weighted by Gasteiger charge is 2.51. The Hall–Kier alpha value is -1.01. The first-order valence-corrected chi connectivity index (χ1v) is 6.06. The Balaban J connectivity index is 2.34. The first-order chi connectivity index (χ1) is 8.62. The Morgan fingerprint density at radius 1 is 1.00 bits per heavy atom. The number of benzene rings is 1. The molecule has 0 aliphatic carbocycles. The highest BCUT2D eigenvalue weighted by atomic mass is 19.3. The third kappa shape index (κ3) is 2.65. The van der Waals surface area contributed by atoms with E-state index in [1.54, 1.807) is 0 Å². The molecule has 1 fully saturated rings. The fourth-order valence-electron chi connectivity index (χ4n) is 1.88. The number of hydrogen-bond acceptors (Lipinski definition) is 2. The standard InChI is InChI=1S/C13H16BF3O2/c1-12(2)13(3,4)19-14(18-12)9-5-8(11(16)17)6-10(15)7-9/h5-7,11H,1-4H3. The predicted molar refractivity (Wildman–Crippen MR) is 67.1 cm³/mol. The lowest BCUT2D eigenvalue weighted by atomic mass is 9.78. The largest absolute Gasteiger partial charge is 0.494 e. The smallest absolute Gasteiger partial charge is 0.399 e. The van der Waals surface area contributed by atoms with Crippen LogP contribution < -0.4 is 5.46 Å². The van der Waals surface area contributed by atoms with Crippen molar-refractivity contribution in [3.8, 4) is 0 Å². The van der Waals surface area contributed by atoms with Crippen molar-refractivity contribution < 1.29 is 22.5 Å². The summed E-state index contributed by atoms with van der Waals surface area (Å²) in [6.07, 6.45) is -2.73. The molecule has 1 saturated heterocycles. The van der Waals surface area contributed by atoms with Gasteiger partial charge in [0.1, 0.15) is 5.82 Å². The maximum absolute atomic E-state index is 13.4. The van der Waals surface area contributed by atoms with Crippen LogP contribution in [0.1, 0.15) is 39.7 Å². The summed E-state index contributed by atoms with van der Waals surface area (Å²) in [5.41, 5.74) is -1.28. The molecule has 104 valence electrons. The zero-order valence-electron chi connectivity index (χ0n) is 11.3. The Morgan fingerprint density at radius 2 is 1.53 bits per heavy atom. The second-order valence-corrected chi connectivity index (χ2v) is 5.71. The summed E-state index contributed by atoms with van der Waals surface area (Å²) in [6.45, 7) is 7.39. The van der Waals surface area contributed by atoms with E-state index in [0.29, 0.717) is 0 Å². The van der Waals surface area contributed by atoms with E-state index in [1.165, 1.54) is 6.07 Å². The predicted octanol–water partition coefficient (Wildman–Crippen LogP) is 3.06. The molecule has 0 N–H and O–H groups in total. The van der Waals surface area contributed by atoms with Crippen molar-refractivity contribution in [1.29, 1.82) is 0 Å². The highest BCUT2D eigenvalue weighted by molar-refractivity contribution is 6.62. The summed E-state index contributed by atoms with van der Waals surface area (Å²) >= 11 is 0. The SMILES string of the molecule is CC1(C)OB(c2cc(F)cc(C(F)F)c2)OC1(C)C. The van der Waals surface area contributed by atoms with Crippen LogP contribution in [0.3, 0.4) is 0 Å². The summed E-state index contributed by atoms with van der Waals surface area (Å²) in [6, 6.07) is 3.20. The molecule has 1 aromatic rings. The van der Waals surface area contributed by atoms with Gasteiger partial charge in [0, 0.05) is 5.56 Å². The maximum atomic E-state index is 13.4. The Labute approximate surface area is 111 Å². The minimum atomic E-state index is -2.73. The van der Waals surface area contributed by atoms with E-state index in [4.69, 9.17) is 9.31 Å². The summed E-state index contributed by atoms with van der Waals surface area (Å²) in [5.74, 6) is -0.720. The van der Waals surface area contributed by atoms with Gasteiger partial charge in [0.25, 0.3) is 6.43 Å². The zero-order chi connectivity index (χ0) is 14.4. The quantitative estimate of drug-likeness (QED) is 0.770.